The lowest BCUT2D eigenvalue weighted by molar-refractivity contribution is -0.132. The average Bonchev–Trinajstić information content (AvgIpc) is 2.89. The van der Waals surface area contributed by atoms with E-state index in [1.807, 2.05) is 11.0 Å². The van der Waals surface area contributed by atoms with Gasteiger partial charge >= 0.3 is 11.7 Å². The molecule has 1 amide bonds. The lowest BCUT2D eigenvalue weighted by Crippen LogP contribution is -2.46. The summed E-state index contributed by atoms with van der Waals surface area (Å²) in [4.78, 5) is 19.3. The third kappa shape index (κ3) is 10.0. The molecule has 1 unspecified atom stereocenters. The molecule has 4 rings (SSSR count). The third-order valence-electron chi connectivity index (χ3n) is 7.48. The zero-order chi connectivity index (χ0) is 29.5. The van der Waals surface area contributed by atoms with Gasteiger partial charge in [-0.15, -0.1) is 0 Å². The molecular weight excluding hydrogens is 566 g/mol. The Morgan fingerprint density at radius 1 is 0.927 bits per heavy atom. The van der Waals surface area contributed by atoms with Crippen molar-refractivity contribution in [1.82, 2.24) is 14.7 Å². The smallest absolute Gasteiger partial charge is 0.381 e. The van der Waals surface area contributed by atoms with Crippen molar-refractivity contribution in [1.29, 1.82) is 0 Å². The van der Waals surface area contributed by atoms with E-state index in [1.54, 1.807) is 18.2 Å². The number of benzene rings is 1. The first-order valence-corrected chi connectivity index (χ1v) is 14.8. The molecule has 12 heteroatoms. The van der Waals surface area contributed by atoms with E-state index < -0.39 is 17.3 Å². The number of hydrogen-bond acceptors (Lipinski definition) is 5. The molecule has 2 aliphatic heterocycles. The maximum atomic E-state index is 13.1. The van der Waals surface area contributed by atoms with Crippen molar-refractivity contribution >= 4 is 23.4 Å². The number of anilines is 1. The van der Waals surface area contributed by atoms with E-state index in [-0.39, 0.29) is 28.6 Å². The third-order valence-corrected chi connectivity index (χ3v) is 8.22. The van der Waals surface area contributed by atoms with Gasteiger partial charge in [-0.2, -0.15) is 26.3 Å². The predicted molar refractivity (Wildman–Crippen MR) is 149 cm³/mol. The van der Waals surface area contributed by atoms with Crippen molar-refractivity contribution < 1.29 is 31.1 Å². The largest absolute Gasteiger partial charge is 0.446 e. The fraction of sp³-hybridized carbons (Fsp3) is 0.552. The highest BCUT2D eigenvalue weighted by molar-refractivity contribution is 8.00. The van der Waals surface area contributed by atoms with Gasteiger partial charge in [0.05, 0.1) is 5.57 Å². The topological polar surface area (TPSA) is 38.8 Å². The number of carbonyl (C=O) groups excluding carboxylic acids is 1. The van der Waals surface area contributed by atoms with Gasteiger partial charge in [0.2, 0.25) is 5.91 Å². The maximum absolute atomic E-state index is 13.1. The van der Waals surface area contributed by atoms with Gasteiger partial charge in [-0.1, -0.05) is 12.2 Å². The zero-order valence-corrected chi connectivity index (χ0v) is 23.6. The first kappa shape index (κ1) is 31.3. The summed E-state index contributed by atoms with van der Waals surface area (Å²) in [6.07, 6.45) is 5.48. The molecule has 0 radical (unpaired) electrons. The van der Waals surface area contributed by atoms with Crippen LogP contribution >= 0.6 is 11.8 Å². The molecule has 1 aromatic rings. The van der Waals surface area contributed by atoms with Gasteiger partial charge in [0.15, 0.2) is 0 Å². The Balaban J connectivity index is 1.16. The monoisotopic (exact) mass is 602 g/mol. The summed E-state index contributed by atoms with van der Waals surface area (Å²) in [6.45, 7) is 5.08. The molecule has 1 aliphatic carbocycles. The number of piperidine rings is 1. The Bertz CT molecular complexity index is 1110. The lowest BCUT2D eigenvalue weighted by Gasteiger charge is -2.37. The quantitative estimate of drug-likeness (QED) is 0.261. The Hall–Kier alpha value is -2.60. The molecule has 1 atom stereocenters. The van der Waals surface area contributed by atoms with Crippen LogP contribution in [0.15, 0.2) is 64.7 Å². The second-order valence-electron chi connectivity index (χ2n) is 10.5. The number of halogens is 6. The molecule has 0 aromatic heterocycles. The molecule has 1 aromatic carbocycles. The maximum Gasteiger partial charge on any atom is 0.446 e. The summed E-state index contributed by atoms with van der Waals surface area (Å²) in [5.41, 5.74) is -3.35. The molecule has 0 bridgehead atoms. The average molecular weight is 603 g/mol. The number of thioether (sulfide) groups is 1. The number of hydrogen-bond donors (Lipinski definition) is 1. The lowest BCUT2D eigenvalue weighted by atomic mass is 10.0. The number of amides is 1. The van der Waals surface area contributed by atoms with Crippen molar-refractivity contribution in [3.63, 3.8) is 0 Å². The van der Waals surface area contributed by atoms with Gasteiger partial charge in [-0.25, -0.2) is 0 Å². The van der Waals surface area contributed by atoms with E-state index in [1.165, 1.54) is 18.2 Å². The fourth-order valence-corrected chi connectivity index (χ4v) is 5.92. The molecule has 226 valence electrons. The van der Waals surface area contributed by atoms with Crippen LogP contribution in [0.25, 0.3) is 0 Å². The second kappa shape index (κ2) is 14.0. The number of alkyl halides is 6. The Morgan fingerprint density at radius 3 is 2.32 bits per heavy atom. The van der Waals surface area contributed by atoms with E-state index in [9.17, 15) is 31.1 Å². The van der Waals surface area contributed by atoms with Crippen LogP contribution in [0.4, 0.5) is 32.0 Å². The Kier molecular flexibility index (Phi) is 10.7. The minimum absolute atomic E-state index is 0.0428. The Labute approximate surface area is 241 Å². The van der Waals surface area contributed by atoms with E-state index in [0.717, 1.165) is 69.4 Å². The van der Waals surface area contributed by atoms with Crippen LogP contribution in [0.5, 0.6) is 0 Å². The summed E-state index contributed by atoms with van der Waals surface area (Å²) >= 11 is -0.141. The van der Waals surface area contributed by atoms with Gasteiger partial charge in [0, 0.05) is 68.0 Å². The highest BCUT2D eigenvalue weighted by Gasteiger charge is 2.32. The van der Waals surface area contributed by atoms with Crippen LogP contribution in [-0.2, 0) is 4.79 Å². The molecular formula is C29H36F6N4OS. The SMILES string of the molecule is O=C(CCCN1CCN(C2=CCCC=C(C(F)(F)F)C=C2)CC1)N1CCCC(Nc2ccc(SC(F)(F)F)cc2)C1. The first-order chi connectivity index (χ1) is 19.5. The number of nitrogens with one attached hydrogen (secondary N) is 1. The fourth-order valence-electron chi connectivity index (χ4n) is 5.38. The number of allylic oxidation sites excluding steroid dienone is 5. The number of carbonyl (C=O) groups is 1. The van der Waals surface area contributed by atoms with Crippen molar-refractivity contribution in [2.24, 2.45) is 0 Å². The van der Waals surface area contributed by atoms with Crippen molar-refractivity contribution in [3.8, 4) is 0 Å². The van der Waals surface area contributed by atoms with E-state index in [2.05, 4.69) is 15.1 Å². The standard InChI is InChI=1S/C29H36F6N4OS/c30-28(31,32)22-5-1-2-7-25(12-9-22)38-19-17-37(18-20-38)15-4-8-27(40)39-16-3-6-24(21-39)36-23-10-13-26(14-11-23)41-29(33,34)35/h5,7,9-14,24,36H,1-4,6,8,15-21H2. The highest BCUT2D eigenvalue weighted by Crippen LogP contribution is 2.37. The van der Waals surface area contributed by atoms with Gasteiger partial charge in [0.1, 0.15) is 0 Å². The van der Waals surface area contributed by atoms with Crippen LogP contribution in [0, 0.1) is 0 Å². The first-order valence-electron chi connectivity index (χ1n) is 14.0. The summed E-state index contributed by atoms with van der Waals surface area (Å²) in [5, 5.41) is 3.35. The Morgan fingerprint density at radius 2 is 1.63 bits per heavy atom. The van der Waals surface area contributed by atoms with Gasteiger partial charge < -0.3 is 15.1 Å². The van der Waals surface area contributed by atoms with Crippen LogP contribution in [0.3, 0.4) is 0 Å². The molecule has 2 saturated heterocycles. The minimum Gasteiger partial charge on any atom is -0.381 e. The molecule has 3 aliphatic rings. The van der Waals surface area contributed by atoms with Crippen LogP contribution in [0.2, 0.25) is 0 Å². The van der Waals surface area contributed by atoms with Crippen LogP contribution in [-0.4, -0.2) is 84.1 Å². The summed E-state index contributed by atoms with van der Waals surface area (Å²) < 4.78 is 77.0. The molecule has 2 fully saturated rings. The molecule has 2 heterocycles. The number of rotatable bonds is 8. The van der Waals surface area contributed by atoms with Crippen molar-refractivity contribution in [3.05, 3.63) is 59.8 Å². The van der Waals surface area contributed by atoms with E-state index >= 15 is 0 Å². The summed E-state index contributed by atoms with van der Waals surface area (Å²) in [7, 11) is 0. The normalized spacial score (nSPS) is 21.2. The molecule has 1 N–H and O–H groups in total. The minimum atomic E-state index is -4.34. The molecule has 0 spiro atoms. The second-order valence-corrected chi connectivity index (χ2v) is 11.7. The van der Waals surface area contributed by atoms with Crippen LogP contribution in [0.1, 0.15) is 38.5 Å². The molecule has 0 saturated carbocycles. The highest BCUT2D eigenvalue weighted by atomic mass is 32.2. The predicted octanol–water partition coefficient (Wildman–Crippen LogP) is 6.82. The molecule has 41 heavy (non-hydrogen) atoms. The van der Waals surface area contributed by atoms with E-state index in [0.29, 0.717) is 32.4 Å². The van der Waals surface area contributed by atoms with Gasteiger partial charge in [0.25, 0.3) is 0 Å². The van der Waals surface area contributed by atoms with E-state index in [4.69, 9.17) is 0 Å². The van der Waals surface area contributed by atoms with Crippen molar-refractivity contribution in [2.75, 3.05) is 51.1 Å². The number of likely N-dealkylation sites (tertiary alicyclic amines) is 1. The molecule has 5 nitrogen and oxygen atoms in total. The zero-order valence-electron chi connectivity index (χ0n) is 22.8. The number of nitrogens with zero attached hydrogens (tertiary/aromatic N) is 3. The van der Waals surface area contributed by atoms with Crippen molar-refractivity contribution in [2.45, 2.75) is 61.1 Å². The van der Waals surface area contributed by atoms with Gasteiger partial charge in [-0.3, -0.25) is 9.69 Å². The summed E-state index contributed by atoms with van der Waals surface area (Å²) in [5.74, 6) is 0.102. The van der Waals surface area contributed by atoms with Crippen LogP contribution < -0.4 is 5.32 Å². The van der Waals surface area contributed by atoms with Gasteiger partial charge in [-0.05, 0) is 86.8 Å². The summed E-state index contributed by atoms with van der Waals surface area (Å²) in [6, 6.07) is 6.20. The number of piperazine rings is 1.